The molecule has 0 saturated carbocycles. The molecule has 0 radical (unpaired) electrons. The van der Waals surface area contributed by atoms with E-state index in [-0.39, 0.29) is 5.56 Å². The fourth-order valence-corrected chi connectivity index (χ4v) is 3.54. The first-order valence-corrected chi connectivity index (χ1v) is 8.41. The molecule has 3 rings (SSSR count). The number of H-pyrrole nitrogens is 1. The highest BCUT2D eigenvalue weighted by Gasteiger charge is 2.21. The van der Waals surface area contributed by atoms with Gasteiger partial charge in [0.2, 0.25) is 0 Å². The predicted octanol–water partition coefficient (Wildman–Crippen LogP) is 0.966. The minimum atomic E-state index is -0.116. The number of hydrogen-bond donors (Lipinski definition) is 2. The van der Waals surface area contributed by atoms with Gasteiger partial charge in [-0.05, 0) is 26.3 Å². The van der Waals surface area contributed by atoms with Crippen LogP contribution in [-0.4, -0.2) is 37.8 Å². The number of hydrogen-bond acceptors (Lipinski definition) is 6. The van der Waals surface area contributed by atoms with Gasteiger partial charge < -0.3 is 14.9 Å². The number of thioether (sulfide) groups is 1. The fraction of sp³-hybridized carbons (Fsp3) is 0.571. The van der Waals surface area contributed by atoms with Crippen molar-refractivity contribution in [2.45, 2.75) is 36.6 Å². The molecule has 1 saturated heterocycles. The Labute approximate surface area is 133 Å². The van der Waals surface area contributed by atoms with E-state index in [2.05, 4.69) is 30.0 Å². The Morgan fingerprint density at radius 2 is 2.32 bits per heavy atom. The summed E-state index contributed by atoms with van der Waals surface area (Å²) < 4.78 is 2.06. The summed E-state index contributed by atoms with van der Waals surface area (Å²) >= 11 is 1.56. The van der Waals surface area contributed by atoms with Crippen molar-refractivity contribution in [2.75, 3.05) is 13.1 Å². The molecule has 2 aromatic rings. The first-order chi connectivity index (χ1) is 10.6. The van der Waals surface area contributed by atoms with Gasteiger partial charge in [-0.3, -0.25) is 4.79 Å². The molecule has 0 aromatic carbocycles. The minimum absolute atomic E-state index is 0.116. The van der Waals surface area contributed by atoms with E-state index in [4.69, 9.17) is 0 Å². The molecule has 0 unspecified atom stereocenters. The van der Waals surface area contributed by atoms with E-state index in [1.165, 1.54) is 12.5 Å². The lowest BCUT2D eigenvalue weighted by Crippen LogP contribution is -2.29. The topological polar surface area (TPSA) is 88.5 Å². The van der Waals surface area contributed by atoms with Gasteiger partial charge in [0, 0.05) is 31.3 Å². The Balaban J connectivity index is 1.70. The van der Waals surface area contributed by atoms with Gasteiger partial charge in [0.15, 0.2) is 5.16 Å². The van der Waals surface area contributed by atoms with Crippen LogP contribution in [0, 0.1) is 6.92 Å². The van der Waals surface area contributed by atoms with Crippen molar-refractivity contribution in [1.82, 2.24) is 30.0 Å². The third-order valence-corrected chi connectivity index (χ3v) is 4.85. The van der Waals surface area contributed by atoms with Gasteiger partial charge in [-0.15, -0.1) is 10.2 Å². The number of nitrogens with zero attached hydrogens (tertiary/aromatic N) is 4. The van der Waals surface area contributed by atoms with E-state index >= 15 is 0 Å². The highest BCUT2D eigenvalue weighted by atomic mass is 32.2. The van der Waals surface area contributed by atoms with Crippen molar-refractivity contribution in [3.8, 4) is 0 Å². The molecule has 7 nitrogen and oxygen atoms in total. The van der Waals surface area contributed by atoms with Crippen LogP contribution in [0.25, 0.3) is 0 Å². The molecule has 1 fully saturated rings. The zero-order valence-corrected chi connectivity index (χ0v) is 13.6. The fourth-order valence-electron chi connectivity index (χ4n) is 2.73. The van der Waals surface area contributed by atoms with Crippen LogP contribution in [0.1, 0.15) is 36.1 Å². The molecule has 2 aromatic heterocycles. The molecule has 0 bridgehead atoms. The van der Waals surface area contributed by atoms with E-state index in [9.17, 15) is 4.79 Å². The molecule has 22 heavy (non-hydrogen) atoms. The van der Waals surface area contributed by atoms with Crippen molar-refractivity contribution in [3.05, 3.63) is 33.8 Å². The number of nitrogens with one attached hydrogen (secondary N) is 2. The average molecular weight is 320 g/mol. The van der Waals surface area contributed by atoms with Gasteiger partial charge in [0.25, 0.3) is 5.56 Å². The van der Waals surface area contributed by atoms with Gasteiger partial charge in [0.1, 0.15) is 11.6 Å². The SMILES string of the molecule is Cc1nc(CSc2nnc([C@H]3CCCNC3)n2C)cc(=O)[nH]1. The zero-order chi connectivity index (χ0) is 15.5. The van der Waals surface area contributed by atoms with Gasteiger partial charge >= 0.3 is 0 Å². The number of aryl methyl sites for hydroxylation is 1. The van der Waals surface area contributed by atoms with E-state index in [0.29, 0.717) is 17.5 Å². The maximum Gasteiger partial charge on any atom is 0.251 e. The smallest absolute Gasteiger partial charge is 0.251 e. The van der Waals surface area contributed by atoms with Crippen LogP contribution in [0.15, 0.2) is 16.0 Å². The molecule has 3 heterocycles. The van der Waals surface area contributed by atoms with Crippen LogP contribution in [0.4, 0.5) is 0 Å². The number of aromatic nitrogens is 5. The molecule has 1 aliphatic heterocycles. The van der Waals surface area contributed by atoms with E-state index in [1.807, 2.05) is 7.05 Å². The molecule has 2 N–H and O–H groups in total. The molecule has 8 heteroatoms. The summed E-state index contributed by atoms with van der Waals surface area (Å²) in [5.41, 5.74) is 0.644. The van der Waals surface area contributed by atoms with Crippen molar-refractivity contribution in [2.24, 2.45) is 7.05 Å². The minimum Gasteiger partial charge on any atom is -0.316 e. The van der Waals surface area contributed by atoms with Gasteiger partial charge in [-0.1, -0.05) is 11.8 Å². The second-order valence-electron chi connectivity index (χ2n) is 5.55. The summed E-state index contributed by atoms with van der Waals surface area (Å²) in [5, 5.41) is 12.9. The highest BCUT2D eigenvalue weighted by Crippen LogP contribution is 2.26. The first-order valence-electron chi connectivity index (χ1n) is 7.43. The average Bonchev–Trinajstić information content (AvgIpc) is 2.86. The standard InChI is InChI=1S/C14H20N6OS/c1-9-16-11(6-12(21)17-9)8-22-14-19-18-13(20(14)2)10-4-3-5-15-7-10/h6,10,15H,3-5,7-8H2,1-2H3,(H,16,17,21)/t10-/m0/s1. The molecular weight excluding hydrogens is 300 g/mol. The predicted molar refractivity (Wildman–Crippen MR) is 85.0 cm³/mol. The monoisotopic (exact) mass is 320 g/mol. The van der Waals surface area contributed by atoms with Crippen LogP contribution < -0.4 is 10.9 Å². The zero-order valence-electron chi connectivity index (χ0n) is 12.8. The lowest BCUT2D eigenvalue weighted by molar-refractivity contribution is 0.436. The summed E-state index contributed by atoms with van der Waals surface area (Å²) in [7, 11) is 2.00. The quantitative estimate of drug-likeness (QED) is 0.816. The number of piperidine rings is 1. The van der Waals surface area contributed by atoms with Crippen molar-refractivity contribution in [3.63, 3.8) is 0 Å². The van der Waals surface area contributed by atoms with Gasteiger partial charge in [0.05, 0.1) is 5.69 Å². The Kier molecular flexibility index (Phi) is 4.58. The summed E-state index contributed by atoms with van der Waals surface area (Å²) in [6.07, 6.45) is 2.33. The number of rotatable bonds is 4. The van der Waals surface area contributed by atoms with Crippen molar-refractivity contribution < 1.29 is 0 Å². The Morgan fingerprint density at radius 1 is 1.45 bits per heavy atom. The second-order valence-corrected chi connectivity index (χ2v) is 6.50. The summed E-state index contributed by atoms with van der Waals surface area (Å²) in [6.45, 7) is 3.83. The summed E-state index contributed by atoms with van der Waals surface area (Å²) in [4.78, 5) is 18.4. The third-order valence-electron chi connectivity index (χ3n) is 3.79. The van der Waals surface area contributed by atoms with Crippen LogP contribution >= 0.6 is 11.8 Å². The largest absolute Gasteiger partial charge is 0.316 e. The summed E-state index contributed by atoms with van der Waals surface area (Å²) in [6, 6.07) is 1.53. The van der Waals surface area contributed by atoms with Crippen LogP contribution in [0.2, 0.25) is 0 Å². The van der Waals surface area contributed by atoms with E-state index < -0.39 is 0 Å². The Hall–Kier alpha value is -1.67. The Bertz CT molecular complexity index is 704. The molecule has 0 amide bonds. The van der Waals surface area contributed by atoms with Crippen LogP contribution in [0.5, 0.6) is 0 Å². The second kappa shape index (κ2) is 6.62. The molecule has 0 spiro atoms. The lowest BCUT2D eigenvalue weighted by Gasteiger charge is -2.21. The Morgan fingerprint density at radius 3 is 3.05 bits per heavy atom. The van der Waals surface area contributed by atoms with Crippen LogP contribution in [-0.2, 0) is 12.8 Å². The molecule has 1 aliphatic rings. The summed E-state index contributed by atoms with van der Waals surface area (Å²) in [5.74, 6) is 2.71. The molecular formula is C14H20N6OS. The lowest BCUT2D eigenvalue weighted by atomic mass is 9.99. The van der Waals surface area contributed by atoms with E-state index in [0.717, 1.165) is 36.2 Å². The molecule has 0 aliphatic carbocycles. The van der Waals surface area contributed by atoms with Crippen LogP contribution in [0.3, 0.4) is 0 Å². The maximum absolute atomic E-state index is 11.5. The van der Waals surface area contributed by atoms with E-state index in [1.54, 1.807) is 18.7 Å². The number of aromatic amines is 1. The van der Waals surface area contributed by atoms with Crippen molar-refractivity contribution in [1.29, 1.82) is 0 Å². The third kappa shape index (κ3) is 3.38. The highest BCUT2D eigenvalue weighted by molar-refractivity contribution is 7.98. The first kappa shape index (κ1) is 15.2. The molecule has 118 valence electrons. The van der Waals surface area contributed by atoms with Gasteiger partial charge in [-0.25, -0.2) is 4.98 Å². The van der Waals surface area contributed by atoms with Crippen molar-refractivity contribution >= 4 is 11.8 Å². The normalized spacial score (nSPS) is 18.5. The maximum atomic E-state index is 11.5. The van der Waals surface area contributed by atoms with Gasteiger partial charge in [-0.2, -0.15) is 0 Å². The molecule has 1 atom stereocenters.